The Morgan fingerprint density at radius 3 is 2.81 bits per heavy atom. The molecule has 4 rings (SSSR count). The lowest BCUT2D eigenvalue weighted by Gasteiger charge is -2.33. The predicted molar refractivity (Wildman–Crippen MR) is 105 cm³/mol. The molecule has 0 spiro atoms. The van der Waals surface area contributed by atoms with Crippen LogP contribution in [0.15, 0.2) is 10.5 Å². The third kappa shape index (κ3) is 4.03. The van der Waals surface area contributed by atoms with Crippen molar-refractivity contribution < 1.29 is 14.4 Å². The van der Waals surface area contributed by atoms with E-state index >= 15 is 0 Å². The van der Waals surface area contributed by atoms with Crippen LogP contribution in [0.25, 0.3) is 0 Å². The molecule has 1 unspecified atom stereocenters. The molecule has 1 aromatic rings. The fraction of sp³-hybridized carbons (Fsp3) is 0.650. The zero-order valence-corrected chi connectivity index (χ0v) is 16.6. The molecule has 1 saturated heterocycles. The molecular weight excluding hydrogens is 362 g/mol. The number of amides is 2. The van der Waals surface area contributed by atoms with Crippen LogP contribution in [0.5, 0.6) is 0 Å². The lowest BCUT2D eigenvalue weighted by atomic mass is 9.93. The quantitative estimate of drug-likeness (QED) is 0.861. The Bertz CT molecular complexity index is 750. The predicted octanol–water partition coefficient (Wildman–Crippen LogP) is 2.76. The highest BCUT2D eigenvalue weighted by Crippen LogP contribution is 2.30. The van der Waals surface area contributed by atoms with Gasteiger partial charge in [0.1, 0.15) is 0 Å². The largest absolute Gasteiger partial charge is 0.382 e. The number of aryl methyl sites for hydroxylation is 1. The number of nitrogens with zero attached hydrogens (tertiary/aromatic N) is 2. The van der Waals surface area contributed by atoms with Crippen molar-refractivity contribution in [3.8, 4) is 0 Å². The van der Waals surface area contributed by atoms with Gasteiger partial charge in [-0.15, -0.1) is 11.3 Å². The molecule has 0 aromatic carbocycles. The van der Waals surface area contributed by atoms with Crippen LogP contribution >= 0.6 is 11.3 Å². The highest BCUT2D eigenvalue weighted by atomic mass is 32.1. The summed E-state index contributed by atoms with van der Waals surface area (Å²) in [4.78, 5) is 33.1. The first-order valence-corrected chi connectivity index (χ1v) is 10.9. The third-order valence-electron chi connectivity index (χ3n) is 5.88. The molecule has 27 heavy (non-hydrogen) atoms. The van der Waals surface area contributed by atoms with Gasteiger partial charge in [-0.25, -0.2) is 0 Å². The maximum absolute atomic E-state index is 12.6. The summed E-state index contributed by atoms with van der Waals surface area (Å²) in [6.45, 7) is 4.03. The van der Waals surface area contributed by atoms with E-state index in [2.05, 4.69) is 15.9 Å². The second kappa shape index (κ2) is 8.00. The second-order valence-corrected chi connectivity index (χ2v) is 8.76. The van der Waals surface area contributed by atoms with E-state index in [9.17, 15) is 9.59 Å². The molecule has 0 radical (unpaired) electrons. The molecule has 1 atom stereocenters. The number of thiophene rings is 1. The van der Waals surface area contributed by atoms with Gasteiger partial charge in [-0.3, -0.25) is 9.59 Å². The highest BCUT2D eigenvalue weighted by Gasteiger charge is 2.32. The zero-order chi connectivity index (χ0) is 18.8. The Morgan fingerprint density at radius 2 is 2.07 bits per heavy atom. The molecule has 146 valence electrons. The number of likely N-dealkylation sites (tertiary alicyclic amines) is 1. The molecule has 1 aromatic heterocycles. The molecule has 3 heterocycles. The van der Waals surface area contributed by atoms with Crippen molar-refractivity contribution in [2.45, 2.75) is 58.0 Å². The highest BCUT2D eigenvalue weighted by molar-refractivity contribution is 7.12. The number of carbonyl (C=O) groups is 2. The molecule has 1 fully saturated rings. The minimum atomic E-state index is -0.439. The van der Waals surface area contributed by atoms with Gasteiger partial charge < -0.3 is 15.1 Å². The first-order chi connectivity index (χ1) is 13.1. The van der Waals surface area contributed by atoms with Gasteiger partial charge >= 0.3 is 0 Å². The third-order valence-corrected chi connectivity index (χ3v) is 6.95. The van der Waals surface area contributed by atoms with Crippen molar-refractivity contribution in [3.05, 3.63) is 21.4 Å². The minimum Gasteiger partial charge on any atom is -0.382 e. The van der Waals surface area contributed by atoms with Gasteiger partial charge in [-0.1, -0.05) is 5.16 Å². The Hall–Kier alpha value is -1.89. The SMILES string of the molecule is CC1=NOC(C(=O)N2CCC(CNC(=O)c3scc4c3CCCC4)CC2)C1. The van der Waals surface area contributed by atoms with Crippen LogP contribution in [0, 0.1) is 5.92 Å². The Morgan fingerprint density at radius 1 is 1.30 bits per heavy atom. The van der Waals surface area contributed by atoms with Crippen molar-refractivity contribution in [1.82, 2.24) is 10.2 Å². The summed E-state index contributed by atoms with van der Waals surface area (Å²) in [7, 11) is 0. The first-order valence-electron chi connectivity index (χ1n) is 9.97. The number of piperidine rings is 1. The number of oxime groups is 1. The van der Waals surface area contributed by atoms with Gasteiger partial charge in [0.2, 0.25) is 6.10 Å². The van der Waals surface area contributed by atoms with Gasteiger partial charge in [0.15, 0.2) is 0 Å². The molecule has 3 aliphatic rings. The molecule has 1 aliphatic carbocycles. The van der Waals surface area contributed by atoms with Crippen molar-refractivity contribution in [2.24, 2.45) is 11.1 Å². The van der Waals surface area contributed by atoms with E-state index in [0.717, 1.165) is 49.4 Å². The normalized spacial score (nSPS) is 22.8. The summed E-state index contributed by atoms with van der Waals surface area (Å²) < 4.78 is 0. The van der Waals surface area contributed by atoms with Gasteiger partial charge in [0.05, 0.1) is 10.6 Å². The van der Waals surface area contributed by atoms with E-state index in [0.29, 0.717) is 18.9 Å². The molecular formula is C20H27N3O3S. The average Bonchev–Trinajstić information content (AvgIpc) is 3.32. The van der Waals surface area contributed by atoms with Crippen molar-refractivity contribution in [2.75, 3.05) is 19.6 Å². The van der Waals surface area contributed by atoms with E-state index < -0.39 is 6.10 Å². The van der Waals surface area contributed by atoms with E-state index in [4.69, 9.17) is 4.84 Å². The van der Waals surface area contributed by atoms with Crippen LogP contribution in [0.2, 0.25) is 0 Å². The maximum atomic E-state index is 12.6. The summed E-state index contributed by atoms with van der Waals surface area (Å²) >= 11 is 1.59. The Balaban J connectivity index is 1.23. The smallest absolute Gasteiger partial charge is 0.266 e. The summed E-state index contributed by atoms with van der Waals surface area (Å²) in [5.74, 6) is 0.549. The fourth-order valence-corrected chi connectivity index (χ4v) is 5.29. The molecule has 0 bridgehead atoms. The average molecular weight is 390 g/mol. The van der Waals surface area contributed by atoms with Crippen LogP contribution in [0.3, 0.4) is 0 Å². The summed E-state index contributed by atoms with van der Waals surface area (Å²) in [6.07, 6.45) is 6.56. The van der Waals surface area contributed by atoms with E-state index in [1.54, 1.807) is 11.3 Å². The van der Waals surface area contributed by atoms with Crippen LogP contribution in [0.1, 0.15) is 59.8 Å². The van der Waals surface area contributed by atoms with Crippen LogP contribution < -0.4 is 5.32 Å². The number of hydrogen-bond acceptors (Lipinski definition) is 5. The van der Waals surface area contributed by atoms with Crippen LogP contribution in [-0.2, 0) is 22.5 Å². The Kier molecular flexibility index (Phi) is 5.48. The lowest BCUT2D eigenvalue weighted by molar-refractivity contribution is -0.143. The van der Waals surface area contributed by atoms with Crippen molar-refractivity contribution in [1.29, 1.82) is 0 Å². The fourth-order valence-electron chi connectivity index (χ4n) is 4.22. The van der Waals surface area contributed by atoms with Crippen LogP contribution in [-0.4, -0.2) is 48.2 Å². The first kappa shape index (κ1) is 18.5. The molecule has 2 amide bonds. The monoisotopic (exact) mass is 389 g/mol. The van der Waals surface area contributed by atoms with Crippen molar-refractivity contribution >= 4 is 28.9 Å². The topological polar surface area (TPSA) is 71.0 Å². The number of hydrogen-bond donors (Lipinski definition) is 1. The number of nitrogens with one attached hydrogen (secondary N) is 1. The van der Waals surface area contributed by atoms with Gasteiger partial charge in [-0.2, -0.15) is 0 Å². The molecule has 7 heteroatoms. The van der Waals surface area contributed by atoms with Gasteiger partial charge in [-0.05, 0) is 67.9 Å². The van der Waals surface area contributed by atoms with Gasteiger partial charge in [0.25, 0.3) is 11.8 Å². The van der Waals surface area contributed by atoms with E-state index in [1.165, 1.54) is 24.0 Å². The maximum Gasteiger partial charge on any atom is 0.266 e. The van der Waals surface area contributed by atoms with Crippen LogP contribution in [0.4, 0.5) is 0 Å². The number of rotatable bonds is 4. The van der Waals surface area contributed by atoms with E-state index in [-0.39, 0.29) is 11.8 Å². The summed E-state index contributed by atoms with van der Waals surface area (Å²) in [6, 6.07) is 0. The molecule has 1 N–H and O–H groups in total. The van der Waals surface area contributed by atoms with Crippen molar-refractivity contribution in [3.63, 3.8) is 0 Å². The zero-order valence-electron chi connectivity index (χ0n) is 15.8. The minimum absolute atomic E-state index is 0.0447. The number of carbonyl (C=O) groups excluding carboxylic acids is 2. The van der Waals surface area contributed by atoms with Gasteiger partial charge in [0, 0.05) is 26.1 Å². The molecule has 6 nitrogen and oxygen atoms in total. The standard InChI is InChI=1S/C20H27N3O3S/c1-13-10-17(26-22-13)20(25)23-8-6-14(7-9-23)11-21-19(24)18-16-5-3-2-4-15(16)12-27-18/h12,14,17H,2-11H2,1H3,(H,21,24). The van der Waals surface area contributed by atoms with E-state index in [1.807, 2.05) is 11.8 Å². The summed E-state index contributed by atoms with van der Waals surface area (Å²) in [5.41, 5.74) is 3.52. The molecule has 0 saturated carbocycles. The second-order valence-electron chi connectivity index (χ2n) is 7.88. The lowest BCUT2D eigenvalue weighted by Crippen LogP contribution is -2.45. The number of fused-ring (bicyclic) bond motifs is 1. The summed E-state index contributed by atoms with van der Waals surface area (Å²) in [5, 5.41) is 9.17. The Labute approximate surface area is 163 Å². The molecule has 2 aliphatic heterocycles.